The summed E-state index contributed by atoms with van der Waals surface area (Å²) in [6.07, 6.45) is -2.04. The first kappa shape index (κ1) is 23.0. The van der Waals surface area contributed by atoms with Crippen LogP contribution < -0.4 is 16.0 Å². The number of nitro benzene ring substituents is 1. The number of rotatable bonds is 6. The van der Waals surface area contributed by atoms with Crippen molar-refractivity contribution in [3.05, 3.63) is 70.3 Å². The van der Waals surface area contributed by atoms with E-state index in [0.717, 1.165) is 5.56 Å². The van der Waals surface area contributed by atoms with Gasteiger partial charge < -0.3 is 15.4 Å². The number of non-ortho nitro benzene ring substituents is 1. The number of amides is 1. The number of nitrogens with one attached hydrogen (secondary N) is 3. The summed E-state index contributed by atoms with van der Waals surface area (Å²) >= 11 is 22.8. The SMILES string of the molecule is O=C(N[C@H](NC(=S)Nc1ccc([N+](=O)[O-])cc1)C(Cl)(Cl)Cl)OCc1ccccc1. The molecule has 0 aliphatic rings. The van der Waals surface area contributed by atoms with Crippen LogP contribution in [0.25, 0.3) is 0 Å². The Kier molecular flexibility index (Phi) is 8.27. The summed E-state index contributed by atoms with van der Waals surface area (Å²) in [5.41, 5.74) is 1.18. The standard InChI is InChI=1S/C17H15Cl3N4O4S/c18-17(19,20)14(23-16(25)28-10-11-4-2-1-3-5-11)22-15(29)21-12-6-8-13(9-7-12)24(26)27/h1-9,14H,10H2,(H,23,25)(H2,21,22,29)/t14-/m0/s1. The quantitative estimate of drug-likeness (QED) is 0.185. The fourth-order valence-electron chi connectivity index (χ4n) is 2.05. The van der Waals surface area contributed by atoms with Crippen LogP contribution in [-0.2, 0) is 11.3 Å². The molecule has 0 spiro atoms. The van der Waals surface area contributed by atoms with E-state index < -0.39 is 21.0 Å². The van der Waals surface area contributed by atoms with E-state index in [1.165, 1.54) is 24.3 Å². The molecular weight excluding hydrogens is 463 g/mol. The van der Waals surface area contributed by atoms with E-state index in [4.69, 9.17) is 51.8 Å². The van der Waals surface area contributed by atoms with Crippen molar-refractivity contribution >= 4 is 69.6 Å². The minimum absolute atomic E-state index is 0.0125. The molecule has 0 saturated carbocycles. The Morgan fingerprint density at radius 2 is 1.72 bits per heavy atom. The average Bonchev–Trinajstić information content (AvgIpc) is 2.66. The highest BCUT2D eigenvalue weighted by Gasteiger charge is 2.35. The molecule has 0 unspecified atom stereocenters. The number of alkyl carbamates (subject to hydrolysis) is 1. The molecule has 0 bridgehead atoms. The summed E-state index contributed by atoms with van der Waals surface area (Å²) in [4.78, 5) is 22.2. The molecule has 0 radical (unpaired) electrons. The van der Waals surface area contributed by atoms with Crippen LogP contribution >= 0.6 is 47.0 Å². The predicted molar refractivity (Wildman–Crippen MR) is 116 cm³/mol. The normalized spacial score (nSPS) is 11.8. The van der Waals surface area contributed by atoms with Gasteiger partial charge in [-0.15, -0.1) is 0 Å². The van der Waals surface area contributed by atoms with Gasteiger partial charge in [0.15, 0.2) is 11.3 Å². The fraction of sp³-hybridized carbons (Fsp3) is 0.176. The molecule has 0 saturated heterocycles. The first-order valence-corrected chi connectivity index (χ1v) is 9.55. The van der Waals surface area contributed by atoms with Gasteiger partial charge in [0.25, 0.3) is 5.69 Å². The number of nitro groups is 1. The molecule has 2 aromatic rings. The average molecular weight is 478 g/mol. The molecule has 2 rings (SSSR count). The number of benzene rings is 2. The van der Waals surface area contributed by atoms with Crippen LogP contribution in [0.5, 0.6) is 0 Å². The van der Waals surface area contributed by atoms with Gasteiger partial charge in [-0.2, -0.15) is 0 Å². The van der Waals surface area contributed by atoms with E-state index in [2.05, 4.69) is 16.0 Å². The van der Waals surface area contributed by atoms with Crippen molar-refractivity contribution < 1.29 is 14.5 Å². The second-order valence-electron chi connectivity index (χ2n) is 5.58. The summed E-state index contributed by atoms with van der Waals surface area (Å²) in [5, 5.41) is 18.5. The van der Waals surface area contributed by atoms with Crippen LogP contribution in [0.15, 0.2) is 54.6 Å². The third kappa shape index (κ3) is 7.90. The number of hydrogen-bond donors (Lipinski definition) is 3. The van der Waals surface area contributed by atoms with Gasteiger partial charge in [-0.1, -0.05) is 65.1 Å². The Balaban J connectivity index is 1.92. The largest absolute Gasteiger partial charge is 0.445 e. The van der Waals surface area contributed by atoms with E-state index in [-0.39, 0.29) is 17.4 Å². The Morgan fingerprint density at radius 1 is 1.10 bits per heavy atom. The van der Waals surface area contributed by atoms with Crippen LogP contribution in [0, 0.1) is 10.1 Å². The minimum atomic E-state index is -1.95. The van der Waals surface area contributed by atoms with Gasteiger partial charge in [-0.05, 0) is 29.9 Å². The maximum atomic E-state index is 12.0. The van der Waals surface area contributed by atoms with Crippen molar-refractivity contribution in [2.75, 3.05) is 5.32 Å². The third-order valence-electron chi connectivity index (χ3n) is 3.41. The van der Waals surface area contributed by atoms with Crippen LogP contribution in [0.3, 0.4) is 0 Å². The monoisotopic (exact) mass is 476 g/mol. The van der Waals surface area contributed by atoms with Crippen molar-refractivity contribution in [2.45, 2.75) is 16.6 Å². The highest BCUT2D eigenvalue weighted by atomic mass is 35.6. The van der Waals surface area contributed by atoms with Gasteiger partial charge in [0.2, 0.25) is 3.79 Å². The summed E-state index contributed by atoms with van der Waals surface area (Å²) in [6, 6.07) is 14.6. The summed E-state index contributed by atoms with van der Waals surface area (Å²) in [5.74, 6) is 0. The van der Waals surface area contributed by atoms with Gasteiger partial charge in [0.05, 0.1) is 4.92 Å². The van der Waals surface area contributed by atoms with Gasteiger partial charge in [-0.3, -0.25) is 15.4 Å². The molecule has 3 N–H and O–H groups in total. The predicted octanol–water partition coefficient (Wildman–Crippen LogP) is 4.50. The van der Waals surface area contributed by atoms with E-state index >= 15 is 0 Å². The number of alkyl halides is 3. The molecule has 0 aliphatic carbocycles. The molecule has 1 amide bonds. The van der Waals surface area contributed by atoms with E-state index in [9.17, 15) is 14.9 Å². The molecule has 0 heterocycles. The highest BCUT2D eigenvalue weighted by Crippen LogP contribution is 2.29. The lowest BCUT2D eigenvalue weighted by molar-refractivity contribution is -0.384. The van der Waals surface area contributed by atoms with Gasteiger partial charge in [-0.25, -0.2) is 4.79 Å². The second-order valence-corrected chi connectivity index (χ2v) is 8.36. The van der Waals surface area contributed by atoms with Crippen molar-refractivity contribution in [1.29, 1.82) is 0 Å². The maximum Gasteiger partial charge on any atom is 0.409 e. The summed E-state index contributed by atoms with van der Waals surface area (Å²) < 4.78 is 3.14. The van der Waals surface area contributed by atoms with Crippen LogP contribution in [0.4, 0.5) is 16.2 Å². The molecule has 154 valence electrons. The lowest BCUT2D eigenvalue weighted by atomic mass is 10.2. The van der Waals surface area contributed by atoms with Crippen molar-refractivity contribution in [1.82, 2.24) is 10.6 Å². The third-order valence-corrected chi connectivity index (χ3v) is 4.29. The van der Waals surface area contributed by atoms with E-state index in [1.807, 2.05) is 18.2 Å². The molecule has 0 fully saturated rings. The highest BCUT2D eigenvalue weighted by molar-refractivity contribution is 7.80. The smallest absolute Gasteiger partial charge is 0.409 e. The zero-order valence-corrected chi connectivity index (χ0v) is 17.7. The zero-order valence-electron chi connectivity index (χ0n) is 14.6. The number of anilines is 1. The Bertz CT molecular complexity index is 863. The summed E-state index contributed by atoms with van der Waals surface area (Å²) in [6.45, 7) is 0.0325. The Hall–Kier alpha value is -2.33. The molecule has 2 aromatic carbocycles. The number of carbonyl (C=O) groups is 1. The number of carbonyl (C=O) groups excluding carboxylic acids is 1. The molecule has 0 aliphatic heterocycles. The number of halogens is 3. The summed E-state index contributed by atoms with van der Waals surface area (Å²) in [7, 11) is 0. The number of thiocarbonyl (C=S) groups is 1. The van der Waals surface area contributed by atoms with Crippen LogP contribution in [-0.4, -0.2) is 26.1 Å². The topological polar surface area (TPSA) is 106 Å². The van der Waals surface area contributed by atoms with E-state index in [1.54, 1.807) is 12.1 Å². The van der Waals surface area contributed by atoms with Crippen LogP contribution in [0.2, 0.25) is 0 Å². The van der Waals surface area contributed by atoms with Crippen LogP contribution in [0.1, 0.15) is 5.56 Å². The van der Waals surface area contributed by atoms with Crippen molar-refractivity contribution in [2.24, 2.45) is 0 Å². The molecule has 0 aromatic heterocycles. The fourth-order valence-corrected chi connectivity index (χ4v) is 2.61. The molecule has 29 heavy (non-hydrogen) atoms. The molecular formula is C17H15Cl3N4O4S. The minimum Gasteiger partial charge on any atom is -0.445 e. The second kappa shape index (κ2) is 10.4. The maximum absolute atomic E-state index is 12.0. The molecule has 1 atom stereocenters. The lowest BCUT2D eigenvalue weighted by Crippen LogP contribution is -2.56. The number of ether oxygens (including phenoxy) is 1. The Morgan fingerprint density at radius 3 is 2.28 bits per heavy atom. The van der Waals surface area contributed by atoms with Gasteiger partial charge >= 0.3 is 6.09 Å². The zero-order chi connectivity index (χ0) is 21.4. The van der Waals surface area contributed by atoms with E-state index in [0.29, 0.717) is 5.69 Å². The van der Waals surface area contributed by atoms with Gasteiger partial charge in [0.1, 0.15) is 6.61 Å². The first-order valence-electron chi connectivity index (χ1n) is 8.01. The lowest BCUT2D eigenvalue weighted by Gasteiger charge is -2.27. The first-order chi connectivity index (χ1) is 13.6. The van der Waals surface area contributed by atoms with Crippen molar-refractivity contribution in [3.8, 4) is 0 Å². The number of hydrogen-bond acceptors (Lipinski definition) is 5. The van der Waals surface area contributed by atoms with Gasteiger partial charge in [0, 0.05) is 17.8 Å². The molecule has 8 nitrogen and oxygen atoms in total. The number of nitrogens with zero attached hydrogens (tertiary/aromatic N) is 1. The van der Waals surface area contributed by atoms with Crippen molar-refractivity contribution in [3.63, 3.8) is 0 Å². The molecule has 12 heteroatoms. The Labute approximate surface area is 186 Å².